The zero-order chi connectivity index (χ0) is 23.5. The summed E-state index contributed by atoms with van der Waals surface area (Å²) < 4.78 is 7.03. The molecule has 3 N–H and O–H groups in total. The maximum Gasteiger partial charge on any atom is 0.279 e. The van der Waals surface area contributed by atoms with Crippen molar-refractivity contribution in [3.63, 3.8) is 0 Å². The van der Waals surface area contributed by atoms with Gasteiger partial charge in [0.2, 0.25) is 5.91 Å². The van der Waals surface area contributed by atoms with Gasteiger partial charge in [-0.1, -0.05) is 47.6 Å². The van der Waals surface area contributed by atoms with E-state index < -0.39 is 11.8 Å². The van der Waals surface area contributed by atoms with E-state index in [2.05, 4.69) is 10.3 Å². The zero-order valence-electron chi connectivity index (χ0n) is 17.7. The molecule has 2 aromatic carbocycles. The number of halogens is 1. The van der Waals surface area contributed by atoms with E-state index in [4.69, 9.17) is 22.1 Å². The van der Waals surface area contributed by atoms with Crippen molar-refractivity contribution in [2.45, 2.75) is 23.2 Å². The Morgan fingerprint density at radius 2 is 1.91 bits per heavy atom. The number of rotatable bonds is 7. The van der Waals surface area contributed by atoms with Gasteiger partial charge in [0, 0.05) is 30.2 Å². The molecule has 1 aliphatic heterocycles. The minimum Gasteiger partial charge on any atom is -0.484 e. The topological polar surface area (TPSA) is 116 Å². The number of hydrogen-bond donors (Lipinski definition) is 2. The third-order valence-electron chi connectivity index (χ3n) is 5.25. The van der Waals surface area contributed by atoms with Crippen LogP contribution in [-0.4, -0.2) is 28.0 Å². The fraction of sp³-hybridized carbons (Fsp3) is 0.217. The number of carbonyl (C=O) groups is 2. The summed E-state index contributed by atoms with van der Waals surface area (Å²) in [6.45, 7) is -0.227. The van der Waals surface area contributed by atoms with E-state index in [1.165, 1.54) is 11.8 Å². The van der Waals surface area contributed by atoms with Crippen molar-refractivity contribution in [3.05, 3.63) is 80.6 Å². The summed E-state index contributed by atoms with van der Waals surface area (Å²) >= 11 is 7.34. The Labute approximate surface area is 199 Å². The highest BCUT2D eigenvalue weighted by Crippen LogP contribution is 2.36. The van der Waals surface area contributed by atoms with Gasteiger partial charge in [-0.25, -0.2) is 0 Å². The van der Waals surface area contributed by atoms with Crippen LogP contribution in [0, 0.1) is 0 Å². The third-order valence-corrected chi connectivity index (χ3v) is 6.60. The number of aromatic nitrogens is 2. The first-order valence-electron chi connectivity index (χ1n) is 10.1. The van der Waals surface area contributed by atoms with Crippen LogP contribution in [0.3, 0.4) is 0 Å². The van der Waals surface area contributed by atoms with Crippen LogP contribution in [-0.2, 0) is 22.4 Å². The summed E-state index contributed by atoms with van der Waals surface area (Å²) in [5, 5.41) is 4.00. The summed E-state index contributed by atoms with van der Waals surface area (Å²) in [5.41, 5.74) is 6.98. The second-order valence-corrected chi connectivity index (χ2v) is 8.94. The number of nitrogens with zero attached hydrogens (tertiary/aromatic N) is 2. The predicted molar refractivity (Wildman–Crippen MR) is 127 cm³/mol. The van der Waals surface area contributed by atoms with Crippen molar-refractivity contribution >= 4 is 41.0 Å². The predicted octanol–water partition coefficient (Wildman–Crippen LogP) is 3.06. The summed E-state index contributed by atoms with van der Waals surface area (Å²) in [7, 11) is 1.78. The molecule has 33 heavy (non-hydrogen) atoms. The number of fused-ring (bicyclic) bond motifs is 1. The molecule has 8 nitrogen and oxygen atoms in total. The van der Waals surface area contributed by atoms with Crippen molar-refractivity contribution in [3.8, 4) is 5.75 Å². The number of carbonyl (C=O) groups excluding carboxylic acids is 2. The lowest BCUT2D eigenvalue weighted by atomic mass is 9.87. The fourth-order valence-corrected chi connectivity index (χ4v) is 4.68. The molecule has 0 radical (unpaired) electrons. The molecule has 0 spiro atoms. The number of nitrogens with one attached hydrogen (secondary N) is 1. The van der Waals surface area contributed by atoms with Crippen molar-refractivity contribution in [1.82, 2.24) is 9.55 Å². The monoisotopic (exact) mass is 484 g/mol. The Morgan fingerprint density at radius 3 is 2.58 bits per heavy atom. The Kier molecular flexibility index (Phi) is 6.71. The molecule has 1 atom stereocenters. The molecule has 3 aromatic rings. The lowest BCUT2D eigenvalue weighted by Gasteiger charge is -2.27. The van der Waals surface area contributed by atoms with Crippen LogP contribution in [0.5, 0.6) is 5.75 Å². The molecule has 0 bridgehead atoms. The summed E-state index contributed by atoms with van der Waals surface area (Å²) in [5.74, 6) is 0.315. The molecular formula is C23H21ClN4O4S. The Morgan fingerprint density at radius 1 is 1.21 bits per heavy atom. The van der Waals surface area contributed by atoms with Gasteiger partial charge >= 0.3 is 0 Å². The number of primary amides is 1. The van der Waals surface area contributed by atoms with E-state index in [0.717, 1.165) is 11.1 Å². The van der Waals surface area contributed by atoms with Crippen molar-refractivity contribution in [1.29, 1.82) is 0 Å². The van der Waals surface area contributed by atoms with Crippen LogP contribution in [0.1, 0.15) is 29.0 Å². The largest absolute Gasteiger partial charge is 0.484 e. The second kappa shape index (κ2) is 9.68. The summed E-state index contributed by atoms with van der Waals surface area (Å²) in [6, 6.07) is 14.4. The third kappa shape index (κ3) is 5.20. The molecule has 0 fully saturated rings. The lowest BCUT2D eigenvalue weighted by Crippen LogP contribution is -2.33. The van der Waals surface area contributed by atoms with Crippen molar-refractivity contribution in [2.24, 2.45) is 12.8 Å². The van der Waals surface area contributed by atoms with Gasteiger partial charge in [0.25, 0.3) is 11.5 Å². The Balaban J connectivity index is 1.62. The summed E-state index contributed by atoms with van der Waals surface area (Å²) in [6.07, 6.45) is 0.128. The van der Waals surface area contributed by atoms with E-state index in [1.54, 1.807) is 35.9 Å². The summed E-state index contributed by atoms with van der Waals surface area (Å²) in [4.78, 5) is 40.7. The molecule has 1 aromatic heterocycles. The van der Waals surface area contributed by atoms with Crippen molar-refractivity contribution in [2.75, 3.05) is 11.9 Å². The van der Waals surface area contributed by atoms with Crippen LogP contribution >= 0.6 is 23.4 Å². The number of benzene rings is 2. The highest BCUT2D eigenvalue weighted by Gasteiger charge is 2.32. The quantitative estimate of drug-likeness (QED) is 0.393. The highest BCUT2D eigenvalue weighted by molar-refractivity contribution is 7.98. The molecule has 0 aliphatic carbocycles. The zero-order valence-corrected chi connectivity index (χ0v) is 19.3. The molecular weight excluding hydrogens is 464 g/mol. The van der Waals surface area contributed by atoms with Gasteiger partial charge in [0.1, 0.15) is 11.6 Å². The van der Waals surface area contributed by atoms with E-state index in [0.29, 0.717) is 33.1 Å². The molecule has 0 saturated carbocycles. The standard InChI is InChI=1S/C23H21ClN4O4S/c1-28-21-20(22(31)27-23(28)33-12-13-2-6-15(24)7-3-13)17(10-19(30)26-21)14-4-8-16(9-5-14)32-11-18(25)29/h2-9,17H,10-12H2,1H3,(H2,25,29)(H,26,30)/t17-/m1/s1. The molecule has 0 unspecified atom stereocenters. The molecule has 4 rings (SSSR count). The number of thioether (sulfide) groups is 1. The van der Waals surface area contributed by atoms with Gasteiger partial charge in [0.05, 0.1) is 5.56 Å². The van der Waals surface area contributed by atoms with E-state index in [1.807, 2.05) is 24.3 Å². The number of hydrogen-bond acceptors (Lipinski definition) is 6. The van der Waals surface area contributed by atoms with Gasteiger partial charge in [0.15, 0.2) is 11.8 Å². The van der Waals surface area contributed by atoms with Crippen LogP contribution in [0.2, 0.25) is 5.02 Å². The molecule has 1 aliphatic rings. The smallest absolute Gasteiger partial charge is 0.279 e. The van der Waals surface area contributed by atoms with Crippen molar-refractivity contribution < 1.29 is 14.3 Å². The molecule has 2 heterocycles. The Bertz CT molecular complexity index is 1260. The molecule has 0 saturated heterocycles. The first-order chi connectivity index (χ1) is 15.8. The normalized spacial score (nSPS) is 15.0. The van der Waals surface area contributed by atoms with Crippen LogP contribution in [0.25, 0.3) is 0 Å². The first-order valence-corrected chi connectivity index (χ1v) is 11.5. The maximum absolute atomic E-state index is 13.0. The van der Waals surface area contributed by atoms with Crippen LogP contribution < -0.4 is 21.3 Å². The van der Waals surface area contributed by atoms with E-state index >= 15 is 0 Å². The SMILES string of the molecule is Cn1c(SCc2ccc(Cl)cc2)nc(=O)c2c1NC(=O)C[C@@H]2c1ccc(OCC(N)=O)cc1. The first kappa shape index (κ1) is 22.9. The van der Waals surface area contributed by atoms with Crippen LogP contribution in [0.15, 0.2) is 58.5 Å². The lowest BCUT2D eigenvalue weighted by molar-refractivity contribution is -0.120. The fourth-order valence-electron chi connectivity index (χ4n) is 3.63. The highest BCUT2D eigenvalue weighted by atomic mass is 35.5. The number of amides is 2. The maximum atomic E-state index is 13.0. The van der Waals surface area contributed by atoms with Gasteiger partial charge in [-0.05, 0) is 35.4 Å². The molecule has 10 heteroatoms. The Hall–Kier alpha value is -3.30. The number of ether oxygens (including phenoxy) is 1. The minimum atomic E-state index is -0.573. The average Bonchev–Trinajstić information content (AvgIpc) is 2.80. The van der Waals surface area contributed by atoms with E-state index in [9.17, 15) is 14.4 Å². The molecule has 170 valence electrons. The molecule has 2 amide bonds. The van der Waals surface area contributed by atoms with Gasteiger partial charge in [-0.15, -0.1) is 0 Å². The van der Waals surface area contributed by atoms with E-state index in [-0.39, 0.29) is 24.5 Å². The van der Waals surface area contributed by atoms with Gasteiger partial charge in [-0.2, -0.15) is 4.98 Å². The number of anilines is 1. The number of nitrogens with two attached hydrogens (primary N) is 1. The van der Waals surface area contributed by atoms with Crippen LogP contribution in [0.4, 0.5) is 5.82 Å². The van der Waals surface area contributed by atoms with Gasteiger partial charge in [-0.3, -0.25) is 14.4 Å². The minimum absolute atomic E-state index is 0.128. The second-order valence-electron chi connectivity index (χ2n) is 7.56. The average molecular weight is 485 g/mol. The van der Waals surface area contributed by atoms with Gasteiger partial charge < -0.3 is 20.4 Å².